The van der Waals surface area contributed by atoms with Crippen molar-refractivity contribution in [2.75, 3.05) is 13.2 Å². The first-order chi connectivity index (χ1) is 9.69. The van der Waals surface area contributed by atoms with Crippen molar-refractivity contribution in [2.45, 2.75) is 25.3 Å². The second-order valence-electron chi connectivity index (χ2n) is 5.09. The van der Waals surface area contributed by atoms with Gasteiger partial charge in [0.15, 0.2) is 5.82 Å². The standard InChI is InChI=1S/C14H15ClF2N2O/c15-7-13-18-14-11(17)5-10(16)6-12(14)19(13)3-4-20-8-9-1-2-9/h5-6,9H,1-4,7-8H2. The first-order valence-corrected chi connectivity index (χ1v) is 7.20. The van der Waals surface area contributed by atoms with Crippen molar-refractivity contribution in [3.63, 3.8) is 0 Å². The molecule has 0 spiro atoms. The number of imidazole rings is 1. The average molecular weight is 301 g/mol. The summed E-state index contributed by atoms with van der Waals surface area (Å²) in [6, 6.07) is 2.11. The largest absolute Gasteiger partial charge is 0.379 e. The van der Waals surface area contributed by atoms with Gasteiger partial charge in [0.05, 0.1) is 18.0 Å². The smallest absolute Gasteiger partial charge is 0.153 e. The zero-order valence-electron chi connectivity index (χ0n) is 10.9. The van der Waals surface area contributed by atoms with E-state index in [-0.39, 0.29) is 11.4 Å². The van der Waals surface area contributed by atoms with Gasteiger partial charge < -0.3 is 9.30 Å². The average Bonchev–Trinajstić information content (AvgIpc) is 3.17. The van der Waals surface area contributed by atoms with E-state index in [1.54, 1.807) is 4.57 Å². The van der Waals surface area contributed by atoms with Crippen LogP contribution in [0.1, 0.15) is 18.7 Å². The summed E-state index contributed by atoms with van der Waals surface area (Å²) in [5, 5.41) is 0. The third kappa shape index (κ3) is 2.79. The molecule has 3 nitrogen and oxygen atoms in total. The quantitative estimate of drug-likeness (QED) is 0.603. The molecule has 2 aromatic rings. The molecule has 0 atom stereocenters. The summed E-state index contributed by atoms with van der Waals surface area (Å²) in [6.07, 6.45) is 2.47. The highest BCUT2D eigenvalue weighted by Crippen LogP contribution is 2.28. The van der Waals surface area contributed by atoms with Crippen LogP contribution in [0.3, 0.4) is 0 Å². The lowest BCUT2D eigenvalue weighted by Gasteiger charge is -2.08. The van der Waals surface area contributed by atoms with E-state index >= 15 is 0 Å². The predicted octanol–water partition coefficient (Wildman–Crippen LogP) is 3.48. The molecule has 1 aliphatic carbocycles. The van der Waals surface area contributed by atoms with Crippen LogP contribution in [0.5, 0.6) is 0 Å². The summed E-state index contributed by atoms with van der Waals surface area (Å²) in [6.45, 7) is 1.74. The number of nitrogens with zero attached hydrogens (tertiary/aromatic N) is 2. The van der Waals surface area contributed by atoms with Crippen LogP contribution in [0, 0.1) is 17.6 Å². The summed E-state index contributed by atoms with van der Waals surface area (Å²) in [5.74, 6) is 0.0940. The summed E-state index contributed by atoms with van der Waals surface area (Å²) in [5.41, 5.74) is 0.581. The van der Waals surface area contributed by atoms with Crippen LogP contribution in [-0.4, -0.2) is 22.8 Å². The van der Waals surface area contributed by atoms with Gasteiger partial charge in [-0.15, -0.1) is 11.6 Å². The monoisotopic (exact) mass is 300 g/mol. The molecule has 1 aromatic heterocycles. The minimum Gasteiger partial charge on any atom is -0.379 e. The van der Waals surface area contributed by atoms with Crippen molar-refractivity contribution in [2.24, 2.45) is 5.92 Å². The third-order valence-corrected chi connectivity index (χ3v) is 3.72. The highest BCUT2D eigenvalue weighted by Gasteiger charge is 2.21. The Morgan fingerprint density at radius 1 is 1.35 bits per heavy atom. The number of alkyl halides is 1. The van der Waals surface area contributed by atoms with E-state index in [4.69, 9.17) is 16.3 Å². The maximum atomic E-state index is 13.7. The molecular weight excluding hydrogens is 286 g/mol. The first kappa shape index (κ1) is 13.8. The second-order valence-corrected chi connectivity index (χ2v) is 5.35. The van der Waals surface area contributed by atoms with E-state index < -0.39 is 11.6 Å². The molecule has 6 heteroatoms. The normalized spacial score (nSPS) is 15.2. The van der Waals surface area contributed by atoms with E-state index in [1.807, 2.05) is 0 Å². The molecule has 1 aromatic carbocycles. The van der Waals surface area contributed by atoms with E-state index in [2.05, 4.69) is 4.98 Å². The second kappa shape index (κ2) is 5.66. The van der Waals surface area contributed by atoms with Gasteiger partial charge in [-0.25, -0.2) is 13.8 Å². The van der Waals surface area contributed by atoms with Gasteiger partial charge in [-0.3, -0.25) is 0 Å². The number of halogens is 3. The minimum atomic E-state index is -0.663. The predicted molar refractivity (Wildman–Crippen MR) is 72.7 cm³/mol. The number of rotatable bonds is 6. The Labute approximate surface area is 120 Å². The summed E-state index contributed by atoms with van der Waals surface area (Å²) in [4.78, 5) is 4.13. The number of fused-ring (bicyclic) bond motifs is 1. The molecule has 1 saturated carbocycles. The number of ether oxygens (including phenoxy) is 1. The van der Waals surface area contributed by atoms with E-state index in [9.17, 15) is 8.78 Å². The Hall–Kier alpha value is -1.20. The molecule has 0 amide bonds. The number of aromatic nitrogens is 2. The number of hydrogen-bond donors (Lipinski definition) is 0. The Balaban J connectivity index is 1.82. The minimum absolute atomic E-state index is 0.151. The van der Waals surface area contributed by atoms with Gasteiger partial charge in [0.25, 0.3) is 0 Å². The van der Waals surface area contributed by atoms with Crippen LogP contribution in [-0.2, 0) is 17.2 Å². The summed E-state index contributed by atoms with van der Waals surface area (Å²) >= 11 is 5.83. The van der Waals surface area contributed by atoms with Gasteiger partial charge in [-0.2, -0.15) is 0 Å². The van der Waals surface area contributed by atoms with Crippen LogP contribution in [0.4, 0.5) is 8.78 Å². The molecule has 108 valence electrons. The maximum absolute atomic E-state index is 13.7. The molecule has 1 aliphatic rings. The van der Waals surface area contributed by atoms with Gasteiger partial charge in [0.1, 0.15) is 17.2 Å². The molecule has 0 N–H and O–H groups in total. The van der Waals surface area contributed by atoms with Crippen LogP contribution in [0.25, 0.3) is 11.0 Å². The molecular formula is C14H15ClF2N2O. The molecule has 1 fully saturated rings. The van der Waals surface area contributed by atoms with Crippen LogP contribution < -0.4 is 0 Å². The molecule has 0 aliphatic heterocycles. The summed E-state index contributed by atoms with van der Waals surface area (Å²) in [7, 11) is 0. The lowest BCUT2D eigenvalue weighted by atomic mass is 10.3. The molecule has 20 heavy (non-hydrogen) atoms. The SMILES string of the molecule is Fc1cc(F)c2nc(CCl)n(CCOCC3CC3)c2c1. The van der Waals surface area contributed by atoms with Crippen molar-refractivity contribution >= 4 is 22.6 Å². The zero-order valence-corrected chi connectivity index (χ0v) is 11.7. The van der Waals surface area contributed by atoms with Gasteiger partial charge in [0, 0.05) is 19.2 Å². The molecule has 3 rings (SSSR count). The molecule has 0 saturated heterocycles. The van der Waals surface area contributed by atoms with Crippen molar-refractivity contribution in [3.05, 3.63) is 29.6 Å². The summed E-state index contributed by atoms with van der Waals surface area (Å²) < 4.78 is 34.3. The van der Waals surface area contributed by atoms with Crippen LogP contribution in [0.2, 0.25) is 0 Å². The topological polar surface area (TPSA) is 27.1 Å². The molecule has 1 heterocycles. The van der Waals surface area contributed by atoms with E-state index in [1.165, 1.54) is 18.9 Å². The molecule has 0 radical (unpaired) electrons. The van der Waals surface area contributed by atoms with Gasteiger partial charge in [0.2, 0.25) is 0 Å². The fourth-order valence-electron chi connectivity index (χ4n) is 2.24. The van der Waals surface area contributed by atoms with E-state index in [0.717, 1.165) is 12.7 Å². The van der Waals surface area contributed by atoms with Crippen LogP contribution >= 0.6 is 11.6 Å². The van der Waals surface area contributed by atoms with Crippen molar-refractivity contribution in [1.82, 2.24) is 9.55 Å². The Bertz CT molecular complexity index is 625. The highest BCUT2D eigenvalue weighted by atomic mass is 35.5. The Morgan fingerprint density at radius 2 is 2.15 bits per heavy atom. The van der Waals surface area contributed by atoms with Gasteiger partial charge >= 0.3 is 0 Å². The molecule has 0 bridgehead atoms. The first-order valence-electron chi connectivity index (χ1n) is 6.67. The zero-order chi connectivity index (χ0) is 14.1. The fourth-order valence-corrected chi connectivity index (χ4v) is 2.44. The lowest BCUT2D eigenvalue weighted by Crippen LogP contribution is -2.10. The maximum Gasteiger partial charge on any atom is 0.153 e. The third-order valence-electron chi connectivity index (χ3n) is 3.48. The Kier molecular flexibility index (Phi) is 3.89. The Morgan fingerprint density at radius 3 is 2.85 bits per heavy atom. The number of benzene rings is 1. The highest BCUT2D eigenvalue weighted by molar-refractivity contribution is 6.16. The van der Waals surface area contributed by atoms with Gasteiger partial charge in [-0.1, -0.05) is 0 Å². The molecule has 0 unspecified atom stereocenters. The van der Waals surface area contributed by atoms with Gasteiger partial charge in [-0.05, 0) is 24.8 Å². The fraction of sp³-hybridized carbons (Fsp3) is 0.500. The van der Waals surface area contributed by atoms with Crippen molar-refractivity contribution in [3.8, 4) is 0 Å². The van der Waals surface area contributed by atoms with Crippen molar-refractivity contribution in [1.29, 1.82) is 0 Å². The van der Waals surface area contributed by atoms with E-state index in [0.29, 0.717) is 30.4 Å². The van der Waals surface area contributed by atoms with Crippen molar-refractivity contribution < 1.29 is 13.5 Å². The van der Waals surface area contributed by atoms with Crippen LogP contribution in [0.15, 0.2) is 12.1 Å². The number of hydrogen-bond acceptors (Lipinski definition) is 2. The lowest BCUT2D eigenvalue weighted by molar-refractivity contribution is 0.117.